The zero-order valence-electron chi connectivity index (χ0n) is 10.3. The Kier molecular flexibility index (Phi) is 3.84. The Bertz CT molecular complexity index is 389. The smallest absolute Gasteiger partial charge is 0.128 e. The highest BCUT2D eigenvalue weighted by molar-refractivity contribution is 5.48. The third-order valence-corrected chi connectivity index (χ3v) is 3.21. The maximum Gasteiger partial charge on any atom is 0.128 e. The monoisotopic (exact) mass is 239 g/mol. The van der Waals surface area contributed by atoms with Crippen LogP contribution < -0.4 is 14.8 Å². The van der Waals surface area contributed by atoms with E-state index >= 15 is 0 Å². The average molecular weight is 239 g/mol. The zero-order valence-corrected chi connectivity index (χ0v) is 10.3. The molecule has 0 amide bonds. The average Bonchev–Trinajstić information content (AvgIpc) is 2.90. The normalized spacial score (nSPS) is 19.4. The van der Waals surface area contributed by atoms with E-state index in [1.54, 1.807) is 20.3 Å². The van der Waals surface area contributed by atoms with E-state index in [0.29, 0.717) is 11.3 Å². The van der Waals surface area contributed by atoms with Gasteiger partial charge >= 0.3 is 0 Å². The van der Waals surface area contributed by atoms with Gasteiger partial charge in [-0.3, -0.25) is 0 Å². The summed E-state index contributed by atoms with van der Waals surface area (Å²) in [4.78, 5) is 0. The molecule has 0 spiro atoms. The van der Waals surface area contributed by atoms with Crippen molar-refractivity contribution >= 4 is 0 Å². The Morgan fingerprint density at radius 2 is 2.06 bits per heavy atom. The van der Waals surface area contributed by atoms with E-state index in [-0.39, 0.29) is 6.04 Å². The molecule has 1 aliphatic heterocycles. The Balaban J connectivity index is 2.41. The molecule has 3 nitrogen and oxygen atoms in total. The lowest BCUT2D eigenvalue weighted by Crippen LogP contribution is -2.14. The molecule has 1 fully saturated rings. The van der Waals surface area contributed by atoms with E-state index in [1.807, 2.05) is 6.07 Å². The van der Waals surface area contributed by atoms with Gasteiger partial charge < -0.3 is 14.8 Å². The predicted octanol–water partition coefficient (Wildman–Crippen LogP) is 2.60. The number of nitrogens with one attached hydrogen (secondary N) is 1. The van der Waals surface area contributed by atoms with Crippen molar-refractivity contribution in [1.82, 2.24) is 5.32 Å². The first-order valence-electron chi connectivity index (χ1n) is 5.84. The first kappa shape index (κ1) is 12.2. The summed E-state index contributed by atoms with van der Waals surface area (Å²) in [5.41, 5.74) is 1.61. The van der Waals surface area contributed by atoms with Crippen LogP contribution in [0.1, 0.15) is 30.0 Å². The van der Waals surface area contributed by atoms with Gasteiger partial charge in [-0.15, -0.1) is 0 Å². The fourth-order valence-corrected chi connectivity index (χ4v) is 2.32. The first-order chi connectivity index (χ1) is 8.30. The molecular formula is C13H18FNO2. The van der Waals surface area contributed by atoms with Crippen LogP contribution in [0.15, 0.2) is 12.1 Å². The van der Waals surface area contributed by atoms with Crippen molar-refractivity contribution in [2.75, 3.05) is 20.8 Å². The summed E-state index contributed by atoms with van der Waals surface area (Å²) < 4.78 is 23.4. The van der Waals surface area contributed by atoms with Crippen LogP contribution in [0, 0.1) is 0 Å². The molecule has 94 valence electrons. The number of ether oxygens (including phenoxy) is 2. The standard InChI is InChI=1S/C13H18FNO2/c1-16-12-7-13(17-2)10(6-9(12)8-14)11-4-3-5-15-11/h6-7,11,15H,3-5,8H2,1-2H3. The number of rotatable bonds is 4. The highest BCUT2D eigenvalue weighted by atomic mass is 19.1. The minimum atomic E-state index is -0.521. The van der Waals surface area contributed by atoms with Crippen LogP contribution in [-0.2, 0) is 6.67 Å². The van der Waals surface area contributed by atoms with Crippen LogP contribution in [0.2, 0.25) is 0 Å². The van der Waals surface area contributed by atoms with Crippen molar-refractivity contribution in [1.29, 1.82) is 0 Å². The van der Waals surface area contributed by atoms with Crippen molar-refractivity contribution in [3.05, 3.63) is 23.3 Å². The van der Waals surface area contributed by atoms with Crippen LogP contribution >= 0.6 is 0 Å². The molecule has 17 heavy (non-hydrogen) atoms. The molecule has 0 aliphatic carbocycles. The molecule has 1 atom stereocenters. The zero-order chi connectivity index (χ0) is 12.3. The summed E-state index contributed by atoms with van der Waals surface area (Å²) in [6, 6.07) is 3.88. The summed E-state index contributed by atoms with van der Waals surface area (Å²) in [6.45, 7) is 0.484. The molecule has 4 heteroatoms. The second kappa shape index (κ2) is 5.36. The van der Waals surface area contributed by atoms with Crippen LogP contribution in [0.4, 0.5) is 4.39 Å². The first-order valence-corrected chi connectivity index (χ1v) is 5.84. The lowest BCUT2D eigenvalue weighted by Gasteiger charge is -2.18. The maximum absolute atomic E-state index is 12.9. The molecule has 0 saturated carbocycles. The molecule has 1 unspecified atom stereocenters. The van der Waals surface area contributed by atoms with Gasteiger partial charge in [0.25, 0.3) is 0 Å². The van der Waals surface area contributed by atoms with Gasteiger partial charge in [0.1, 0.15) is 18.2 Å². The largest absolute Gasteiger partial charge is 0.496 e. The van der Waals surface area contributed by atoms with Crippen molar-refractivity contribution in [2.24, 2.45) is 0 Å². The predicted molar refractivity (Wildman–Crippen MR) is 64.3 cm³/mol. The number of hydrogen-bond donors (Lipinski definition) is 1. The van der Waals surface area contributed by atoms with Crippen LogP contribution in [-0.4, -0.2) is 20.8 Å². The third kappa shape index (κ3) is 2.36. The van der Waals surface area contributed by atoms with Gasteiger partial charge in [-0.05, 0) is 25.5 Å². The van der Waals surface area contributed by atoms with E-state index in [2.05, 4.69) is 5.32 Å². The molecule has 1 N–H and O–H groups in total. The molecule has 1 aromatic carbocycles. The minimum Gasteiger partial charge on any atom is -0.496 e. The number of methoxy groups -OCH3 is 2. The second-order valence-corrected chi connectivity index (χ2v) is 4.19. The third-order valence-electron chi connectivity index (χ3n) is 3.21. The van der Waals surface area contributed by atoms with Gasteiger partial charge in [-0.1, -0.05) is 0 Å². The Morgan fingerprint density at radius 1 is 1.29 bits per heavy atom. The fraction of sp³-hybridized carbons (Fsp3) is 0.538. The van der Waals surface area contributed by atoms with E-state index in [1.165, 1.54) is 0 Å². The van der Waals surface area contributed by atoms with Gasteiger partial charge in [-0.25, -0.2) is 4.39 Å². The van der Waals surface area contributed by atoms with Gasteiger partial charge in [0.05, 0.1) is 14.2 Å². The molecule has 1 saturated heterocycles. The summed E-state index contributed by atoms with van der Waals surface area (Å²) in [6.07, 6.45) is 2.21. The van der Waals surface area contributed by atoms with Crippen LogP contribution in [0.5, 0.6) is 11.5 Å². The summed E-state index contributed by atoms with van der Waals surface area (Å²) in [5, 5.41) is 3.39. The second-order valence-electron chi connectivity index (χ2n) is 4.19. The Labute approximate surface area is 101 Å². The maximum atomic E-state index is 12.9. The van der Waals surface area contributed by atoms with E-state index in [0.717, 1.165) is 30.7 Å². The van der Waals surface area contributed by atoms with E-state index < -0.39 is 6.67 Å². The van der Waals surface area contributed by atoms with Crippen LogP contribution in [0.25, 0.3) is 0 Å². The van der Waals surface area contributed by atoms with E-state index in [4.69, 9.17) is 9.47 Å². The summed E-state index contributed by atoms with van der Waals surface area (Å²) >= 11 is 0. The molecule has 1 heterocycles. The highest BCUT2D eigenvalue weighted by Crippen LogP contribution is 2.36. The number of hydrogen-bond acceptors (Lipinski definition) is 3. The summed E-state index contributed by atoms with van der Waals surface area (Å²) in [7, 11) is 3.17. The van der Waals surface area contributed by atoms with Crippen LogP contribution in [0.3, 0.4) is 0 Å². The van der Waals surface area contributed by atoms with Gasteiger partial charge in [0, 0.05) is 23.2 Å². The Hall–Kier alpha value is -1.29. The Morgan fingerprint density at radius 3 is 2.59 bits per heavy atom. The number of benzene rings is 1. The fourth-order valence-electron chi connectivity index (χ4n) is 2.32. The highest BCUT2D eigenvalue weighted by Gasteiger charge is 2.22. The topological polar surface area (TPSA) is 30.5 Å². The minimum absolute atomic E-state index is 0.265. The molecular weight excluding hydrogens is 221 g/mol. The summed E-state index contributed by atoms with van der Waals surface area (Å²) in [5.74, 6) is 1.31. The van der Waals surface area contributed by atoms with E-state index in [9.17, 15) is 4.39 Å². The van der Waals surface area contributed by atoms with Gasteiger partial charge in [0.15, 0.2) is 0 Å². The van der Waals surface area contributed by atoms with Crippen molar-refractivity contribution < 1.29 is 13.9 Å². The number of halogens is 1. The molecule has 0 aromatic heterocycles. The lowest BCUT2D eigenvalue weighted by atomic mass is 10.0. The lowest BCUT2D eigenvalue weighted by molar-refractivity contribution is 0.375. The van der Waals surface area contributed by atoms with Crippen molar-refractivity contribution in [3.8, 4) is 11.5 Å². The van der Waals surface area contributed by atoms with Gasteiger partial charge in [0.2, 0.25) is 0 Å². The van der Waals surface area contributed by atoms with Gasteiger partial charge in [-0.2, -0.15) is 0 Å². The molecule has 0 bridgehead atoms. The molecule has 0 radical (unpaired) electrons. The van der Waals surface area contributed by atoms with Crippen molar-refractivity contribution in [3.63, 3.8) is 0 Å². The molecule has 1 aliphatic rings. The molecule has 1 aromatic rings. The quantitative estimate of drug-likeness (QED) is 0.876. The number of alkyl halides is 1. The SMILES string of the molecule is COc1cc(OC)c(C2CCCN2)cc1CF. The van der Waals surface area contributed by atoms with Crippen molar-refractivity contribution in [2.45, 2.75) is 25.6 Å². The molecule has 2 rings (SSSR count).